The molecule has 0 radical (unpaired) electrons. The van der Waals surface area contributed by atoms with Gasteiger partial charge in [-0.2, -0.15) is 16.4 Å². The lowest BCUT2D eigenvalue weighted by atomic mass is 9.90. The van der Waals surface area contributed by atoms with Gasteiger partial charge in [0.05, 0.1) is 11.3 Å². The second-order valence-corrected chi connectivity index (χ2v) is 7.38. The highest BCUT2D eigenvalue weighted by atomic mass is 32.1. The highest BCUT2D eigenvalue weighted by Gasteiger charge is 2.36. The van der Waals surface area contributed by atoms with Crippen molar-refractivity contribution in [3.05, 3.63) is 28.6 Å². The summed E-state index contributed by atoms with van der Waals surface area (Å²) in [7, 11) is 5.87. The van der Waals surface area contributed by atoms with Gasteiger partial charge >= 0.3 is 0 Å². The third-order valence-corrected chi connectivity index (χ3v) is 5.31. The maximum absolute atomic E-state index is 12.7. The van der Waals surface area contributed by atoms with Gasteiger partial charge in [-0.05, 0) is 44.4 Å². The molecule has 1 N–H and O–H groups in total. The van der Waals surface area contributed by atoms with Gasteiger partial charge < -0.3 is 14.5 Å². The van der Waals surface area contributed by atoms with E-state index in [0.717, 1.165) is 30.6 Å². The number of rotatable bonds is 5. The van der Waals surface area contributed by atoms with E-state index in [-0.39, 0.29) is 11.5 Å². The molecule has 0 spiro atoms. The number of hydrogen-bond donors (Lipinski definition) is 1. The van der Waals surface area contributed by atoms with Gasteiger partial charge in [-0.15, -0.1) is 0 Å². The van der Waals surface area contributed by atoms with E-state index >= 15 is 0 Å². The Morgan fingerprint density at radius 1 is 1.46 bits per heavy atom. The van der Waals surface area contributed by atoms with Crippen molar-refractivity contribution in [3.8, 4) is 11.3 Å². The van der Waals surface area contributed by atoms with Crippen LogP contribution in [-0.2, 0) is 4.74 Å². The fourth-order valence-electron chi connectivity index (χ4n) is 3.28. The van der Waals surface area contributed by atoms with Crippen LogP contribution >= 0.6 is 11.3 Å². The van der Waals surface area contributed by atoms with E-state index in [1.54, 1.807) is 18.4 Å². The molecule has 0 bridgehead atoms. The molecule has 2 aromatic rings. The number of ether oxygens (including phenoxy) is 1. The Bertz CT molecular complexity index is 673. The Kier molecular flexibility index (Phi) is 5.03. The highest BCUT2D eigenvalue weighted by molar-refractivity contribution is 7.08. The number of amides is 1. The maximum Gasteiger partial charge on any atom is 0.271 e. The SMILES string of the molecule is COC1(CN(C)C)CCN(C(=O)c2cc(-c3ccsc3)n[nH]2)CC1. The second kappa shape index (κ2) is 7.04. The van der Waals surface area contributed by atoms with Crippen LogP contribution in [0.15, 0.2) is 22.9 Å². The Hall–Kier alpha value is -1.70. The number of likely N-dealkylation sites (N-methyl/N-ethyl adjacent to an activating group) is 1. The lowest BCUT2D eigenvalue weighted by Gasteiger charge is -2.42. The van der Waals surface area contributed by atoms with Crippen LogP contribution in [-0.4, -0.2) is 72.3 Å². The van der Waals surface area contributed by atoms with E-state index in [9.17, 15) is 4.79 Å². The van der Waals surface area contributed by atoms with E-state index in [1.807, 2.05) is 27.8 Å². The molecule has 6 nitrogen and oxygen atoms in total. The summed E-state index contributed by atoms with van der Waals surface area (Å²) in [4.78, 5) is 16.7. The number of nitrogens with one attached hydrogen (secondary N) is 1. The first-order valence-corrected chi connectivity index (χ1v) is 9.04. The third-order valence-electron chi connectivity index (χ3n) is 4.62. The van der Waals surface area contributed by atoms with Gasteiger partial charge in [-0.3, -0.25) is 9.89 Å². The summed E-state index contributed by atoms with van der Waals surface area (Å²) >= 11 is 1.62. The molecule has 1 saturated heterocycles. The monoisotopic (exact) mass is 348 g/mol. The third kappa shape index (κ3) is 3.53. The van der Waals surface area contributed by atoms with Crippen molar-refractivity contribution in [3.63, 3.8) is 0 Å². The molecule has 0 aliphatic carbocycles. The van der Waals surface area contributed by atoms with Crippen LogP contribution in [0.3, 0.4) is 0 Å². The Morgan fingerprint density at radius 2 is 2.21 bits per heavy atom. The number of carbonyl (C=O) groups is 1. The average Bonchev–Trinajstić information content (AvgIpc) is 3.25. The predicted molar refractivity (Wildman–Crippen MR) is 95.3 cm³/mol. The summed E-state index contributed by atoms with van der Waals surface area (Å²) in [6, 6.07) is 3.84. The lowest BCUT2D eigenvalue weighted by Crippen LogP contribution is -2.52. The number of piperidine rings is 1. The molecule has 1 amide bonds. The Morgan fingerprint density at radius 3 is 2.79 bits per heavy atom. The van der Waals surface area contributed by atoms with Gasteiger partial charge in [0.2, 0.25) is 0 Å². The molecule has 130 valence electrons. The van der Waals surface area contributed by atoms with Crippen LogP contribution in [0, 0.1) is 0 Å². The lowest BCUT2D eigenvalue weighted by molar-refractivity contribution is -0.0654. The molecule has 0 unspecified atom stereocenters. The van der Waals surface area contributed by atoms with Crippen molar-refractivity contribution in [2.24, 2.45) is 0 Å². The number of nitrogens with zero attached hydrogens (tertiary/aromatic N) is 3. The molecule has 1 aliphatic heterocycles. The first kappa shape index (κ1) is 17.1. The first-order chi connectivity index (χ1) is 11.5. The summed E-state index contributed by atoms with van der Waals surface area (Å²) < 4.78 is 5.78. The Balaban J connectivity index is 1.65. The van der Waals surface area contributed by atoms with Crippen molar-refractivity contribution < 1.29 is 9.53 Å². The number of aromatic nitrogens is 2. The van der Waals surface area contributed by atoms with Crippen molar-refractivity contribution in [1.82, 2.24) is 20.0 Å². The van der Waals surface area contributed by atoms with Crippen LogP contribution in [0.4, 0.5) is 0 Å². The van der Waals surface area contributed by atoms with E-state index in [1.165, 1.54) is 0 Å². The Labute approximate surface area is 146 Å². The van der Waals surface area contributed by atoms with E-state index < -0.39 is 0 Å². The number of aromatic amines is 1. The zero-order valence-electron chi connectivity index (χ0n) is 14.4. The molecule has 1 fully saturated rings. The molecule has 3 heterocycles. The normalized spacial score (nSPS) is 17.4. The summed E-state index contributed by atoms with van der Waals surface area (Å²) in [6.45, 7) is 2.28. The number of hydrogen-bond acceptors (Lipinski definition) is 5. The number of carbonyl (C=O) groups excluding carboxylic acids is 1. The molecule has 0 atom stereocenters. The van der Waals surface area contributed by atoms with Gasteiger partial charge in [0.1, 0.15) is 5.69 Å². The number of methoxy groups -OCH3 is 1. The minimum Gasteiger partial charge on any atom is -0.377 e. The summed E-state index contributed by atoms with van der Waals surface area (Å²) in [5.74, 6) is 0.0125. The minimum atomic E-state index is -0.157. The van der Waals surface area contributed by atoms with Crippen LogP contribution in [0.1, 0.15) is 23.3 Å². The molecule has 2 aromatic heterocycles. The fourth-order valence-corrected chi connectivity index (χ4v) is 3.93. The van der Waals surface area contributed by atoms with Crippen LogP contribution in [0.5, 0.6) is 0 Å². The molecule has 0 aromatic carbocycles. The minimum absolute atomic E-state index is 0.0125. The smallest absolute Gasteiger partial charge is 0.271 e. The summed E-state index contributed by atoms with van der Waals surface area (Å²) in [5, 5.41) is 11.2. The van der Waals surface area contributed by atoms with E-state index in [0.29, 0.717) is 18.8 Å². The van der Waals surface area contributed by atoms with E-state index in [4.69, 9.17) is 4.74 Å². The van der Waals surface area contributed by atoms with E-state index in [2.05, 4.69) is 29.2 Å². The van der Waals surface area contributed by atoms with Crippen molar-refractivity contribution in [1.29, 1.82) is 0 Å². The van der Waals surface area contributed by atoms with Crippen molar-refractivity contribution in [2.45, 2.75) is 18.4 Å². The standard InChI is InChI=1S/C17H24N4O2S/c1-20(2)12-17(23-3)5-7-21(8-6-17)16(22)15-10-14(18-19-15)13-4-9-24-11-13/h4,9-11H,5-8,12H2,1-3H3,(H,18,19). The highest BCUT2D eigenvalue weighted by Crippen LogP contribution is 2.28. The second-order valence-electron chi connectivity index (χ2n) is 6.60. The average molecular weight is 348 g/mol. The molecule has 7 heteroatoms. The fraction of sp³-hybridized carbons (Fsp3) is 0.529. The quantitative estimate of drug-likeness (QED) is 0.901. The first-order valence-electron chi connectivity index (χ1n) is 8.10. The summed E-state index contributed by atoms with van der Waals surface area (Å²) in [6.07, 6.45) is 1.69. The van der Waals surface area contributed by atoms with Gasteiger partial charge in [0.25, 0.3) is 5.91 Å². The molecule has 24 heavy (non-hydrogen) atoms. The maximum atomic E-state index is 12.7. The van der Waals surface area contributed by atoms with Gasteiger partial charge in [-0.1, -0.05) is 0 Å². The van der Waals surface area contributed by atoms with Crippen LogP contribution in [0.2, 0.25) is 0 Å². The largest absolute Gasteiger partial charge is 0.377 e. The van der Waals surface area contributed by atoms with Gasteiger partial charge in [0.15, 0.2) is 0 Å². The topological polar surface area (TPSA) is 61.5 Å². The molecular formula is C17H24N4O2S. The van der Waals surface area contributed by atoms with Crippen LogP contribution < -0.4 is 0 Å². The number of likely N-dealkylation sites (tertiary alicyclic amines) is 1. The zero-order valence-corrected chi connectivity index (χ0v) is 15.2. The van der Waals surface area contributed by atoms with Gasteiger partial charge in [0, 0.05) is 37.7 Å². The number of thiophene rings is 1. The molecule has 1 aliphatic rings. The molecule has 3 rings (SSSR count). The summed E-state index contributed by atoms with van der Waals surface area (Å²) in [5.41, 5.74) is 2.25. The van der Waals surface area contributed by atoms with Crippen molar-refractivity contribution >= 4 is 17.2 Å². The molecule has 0 saturated carbocycles. The predicted octanol–water partition coefficient (Wildman–Crippen LogP) is 2.32. The van der Waals surface area contributed by atoms with Gasteiger partial charge in [-0.25, -0.2) is 0 Å². The zero-order chi connectivity index (χ0) is 17.2. The molecular weight excluding hydrogens is 324 g/mol. The van der Waals surface area contributed by atoms with Crippen LogP contribution in [0.25, 0.3) is 11.3 Å². The van der Waals surface area contributed by atoms with Crippen molar-refractivity contribution in [2.75, 3.05) is 40.8 Å². The number of H-pyrrole nitrogens is 1.